The Morgan fingerprint density at radius 3 is 2.88 bits per heavy atom. The molecule has 0 saturated heterocycles. The monoisotopic (exact) mass is 239 g/mol. The number of hydrogen-bond donors (Lipinski definition) is 0. The van der Waals surface area contributed by atoms with E-state index < -0.39 is 0 Å². The van der Waals surface area contributed by atoms with Gasteiger partial charge < -0.3 is 4.74 Å². The fourth-order valence-electron chi connectivity index (χ4n) is 1.62. The van der Waals surface area contributed by atoms with Crippen LogP contribution in [0.3, 0.4) is 0 Å². The second kappa shape index (κ2) is 4.29. The highest BCUT2D eigenvalue weighted by Crippen LogP contribution is 2.23. The van der Waals surface area contributed by atoms with Crippen LogP contribution in [0.25, 0.3) is 5.52 Å². The lowest BCUT2D eigenvalue weighted by atomic mass is 10.2. The average Bonchev–Trinajstić information content (AvgIpc) is 2.61. The molecule has 2 aromatic rings. The molecule has 2 aromatic heterocycles. The van der Waals surface area contributed by atoms with E-state index in [1.54, 1.807) is 12.3 Å². The number of fused-ring (bicyclic) bond motifs is 1. The fourth-order valence-corrected chi connectivity index (χ4v) is 1.80. The van der Waals surface area contributed by atoms with Crippen molar-refractivity contribution in [1.29, 1.82) is 0 Å². The van der Waals surface area contributed by atoms with E-state index in [0.29, 0.717) is 23.7 Å². The zero-order valence-corrected chi connectivity index (χ0v) is 10.3. The predicted molar refractivity (Wildman–Crippen MR) is 63.3 cm³/mol. The van der Waals surface area contributed by atoms with Crippen LogP contribution in [0.15, 0.2) is 12.3 Å². The van der Waals surface area contributed by atoms with E-state index in [1.165, 1.54) is 0 Å². The molecule has 5 heteroatoms. The van der Waals surface area contributed by atoms with E-state index in [0.717, 1.165) is 11.3 Å². The molecule has 0 bridgehead atoms. The summed E-state index contributed by atoms with van der Waals surface area (Å²) in [4.78, 5) is 8.54. The van der Waals surface area contributed by atoms with Crippen molar-refractivity contribution in [3.63, 3.8) is 0 Å². The summed E-state index contributed by atoms with van der Waals surface area (Å²) in [5, 5.41) is 0.422. The fraction of sp³-hybridized carbons (Fsp3) is 0.455. The first-order valence-electron chi connectivity index (χ1n) is 5.30. The van der Waals surface area contributed by atoms with Crippen LogP contribution >= 0.6 is 11.6 Å². The van der Waals surface area contributed by atoms with Crippen molar-refractivity contribution >= 4 is 17.1 Å². The van der Waals surface area contributed by atoms with E-state index in [9.17, 15) is 0 Å². The molecule has 2 heterocycles. The molecule has 0 N–H and O–H groups in total. The van der Waals surface area contributed by atoms with Gasteiger partial charge in [0.2, 0.25) is 0 Å². The van der Waals surface area contributed by atoms with Crippen LogP contribution in [-0.4, -0.2) is 21.0 Å². The summed E-state index contributed by atoms with van der Waals surface area (Å²) in [5.41, 5.74) is 0.909. The first-order chi connectivity index (χ1) is 7.63. The molecule has 4 nitrogen and oxygen atoms in total. The molecular formula is C11H14ClN3O. The Hall–Kier alpha value is -1.29. The van der Waals surface area contributed by atoms with Gasteiger partial charge in [-0.25, -0.2) is 9.38 Å². The van der Waals surface area contributed by atoms with Gasteiger partial charge in [0.25, 0.3) is 0 Å². The van der Waals surface area contributed by atoms with E-state index in [2.05, 4.69) is 23.8 Å². The third-order valence-corrected chi connectivity index (χ3v) is 2.46. The molecule has 0 amide bonds. The lowest BCUT2D eigenvalue weighted by molar-refractivity contribution is 0.306. The summed E-state index contributed by atoms with van der Waals surface area (Å²) in [6, 6.07) is 2.29. The highest BCUT2D eigenvalue weighted by atomic mass is 35.5. The van der Waals surface area contributed by atoms with E-state index >= 15 is 0 Å². The Morgan fingerprint density at radius 1 is 1.50 bits per heavy atom. The van der Waals surface area contributed by atoms with Crippen molar-refractivity contribution in [3.05, 3.63) is 23.2 Å². The maximum absolute atomic E-state index is 5.92. The van der Waals surface area contributed by atoms with Gasteiger partial charge in [-0.15, -0.1) is 0 Å². The number of imidazole rings is 1. The van der Waals surface area contributed by atoms with Crippen LogP contribution in [0.1, 0.15) is 32.5 Å². The predicted octanol–water partition coefficient (Wildman–Crippen LogP) is 2.90. The first kappa shape index (κ1) is 11.2. The zero-order chi connectivity index (χ0) is 11.7. The highest BCUT2D eigenvalue weighted by Gasteiger charge is 2.13. The van der Waals surface area contributed by atoms with Gasteiger partial charge in [-0.3, -0.25) is 0 Å². The minimum Gasteiger partial charge on any atom is -0.465 e. The zero-order valence-electron chi connectivity index (χ0n) is 9.57. The number of nitrogens with zero attached hydrogens (tertiary/aromatic N) is 3. The Kier molecular flexibility index (Phi) is 3.01. The van der Waals surface area contributed by atoms with E-state index in [4.69, 9.17) is 16.3 Å². The third kappa shape index (κ3) is 1.85. The molecule has 0 atom stereocenters. The van der Waals surface area contributed by atoms with Crippen molar-refractivity contribution in [2.24, 2.45) is 0 Å². The van der Waals surface area contributed by atoms with Crippen molar-refractivity contribution in [3.8, 4) is 6.01 Å². The van der Waals surface area contributed by atoms with Crippen molar-refractivity contribution in [1.82, 2.24) is 14.4 Å². The van der Waals surface area contributed by atoms with Gasteiger partial charge in [0.15, 0.2) is 0 Å². The second-order valence-corrected chi connectivity index (χ2v) is 4.21. The minimum absolute atomic E-state index is 0.310. The smallest absolute Gasteiger partial charge is 0.303 e. The van der Waals surface area contributed by atoms with Gasteiger partial charge in [0.05, 0.1) is 18.3 Å². The Bertz CT molecular complexity index is 507. The molecule has 86 valence electrons. The Morgan fingerprint density at radius 2 is 2.25 bits per heavy atom. The van der Waals surface area contributed by atoms with Crippen molar-refractivity contribution < 1.29 is 4.74 Å². The molecule has 16 heavy (non-hydrogen) atoms. The van der Waals surface area contributed by atoms with Gasteiger partial charge in [-0.2, -0.15) is 4.98 Å². The topological polar surface area (TPSA) is 39.4 Å². The molecule has 0 fully saturated rings. The average molecular weight is 240 g/mol. The third-order valence-electron chi connectivity index (χ3n) is 2.27. The van der Waals surface area contributed by atoms with Crippen LogP contribution < -0.4 is 4.74 Å². The molecule has 0 spiro atoms. The maximum atomic E-state index is 5.92. The van der Waals surface area contributed by atoms with Crippen LogP contribution in [0.4, 0.5) is 0 Å². The highest BCUT2D eigenvalue weighted by molar-refractivity contribution is 6.29. The number of aromatic nitrogens is 3. The number of ether oxygens (including phenoxy) is 1. The van der Waals surface area contributed by atoms with Gasteiger partial charge in [-0.05, 0) is 6.92 Å². The lowest BCUT2D eigenvalue weighted by Gasteiger charge is -2.09. The van der Waals surface area contributed by atoms with E-state index in [-0.39, 0.29) is 0 Å². The molecule has 0 aliphatic rings. The minimum atomic E-state index is 0.310. The SMILES string of the molecule is CCOc1nc(Cl)cc2cnc(C(C)C)n12. The second-order valence-electron chi connectivity index (χ2n) is 3.83. The molecule has 0 aromatic carbocycles. The Labute approximate surface area is 99.2 Å². The van der Waals surface area contributed by atoms with Gasteiger partial charge >= 0.3 is 6.01 Å². The summed E-state index contributed by atoms with van der Waals surface area (Å²) in [5.74, 6) is 1.24. The first-order valence-corrected chi connectivity index (χ1v) is 5.68. The molecule has 0 saturated carbocycles. The molecule has 0 aliphatic carbocycles. The van der Waals surface area contributed by atoms with E-state index in [1.807, 2.05) is 11.3 Å². The van der Waals surface area contributed by atoms with Crippen LogP contribution in [0.2, 0.25) is 5.15 Å². The largest absolute Gasteiger partial charge is 0.465 e. The number of rotatable bonds is 3. The van der Waals surface area contributed by atoms with Crippen LogP contribution in [0.5, 0.6) is 6.01 Å². The number of halogens is 1. The lowest BCUT2D eigenvalue weighted by Crippen LogP contribution is -2.05. The van der Waals surface area contributed by atoms with Crippen molar-refractivity contribution in [2.45, 2.75) is 26.7 Å². The number of hydrogen-bond acceptors (Lipinski definition) is 3. The van der Waals surface area contributed by atoms with Crippen LogP contribution in [-0.2, 0) is 0 Å². The molecule has 2 rings (SSSR count). The van der Waals surface area contributed by atoms with Crippen molar-refractivity contribution in [2.75, 3.05) is 6.61 Å². The summed E-state index contributed by atoms with van der Waals surface area (Å²) in [6.45, 7) is 6.64. The molecular weight excluding hydrogens is 226 g/mol. The summed E-state index contributed by atoms with van der Waals surface area (Å²) in [6.07, 6.45) is 1.78. The van der Waals surface area contributed by atoms with Gasteiger partial charge in [0.1, 0.15) is 11.0 Å². The maximum Gasteiger partial charge on any atom is 0.303 e. The van der Waals surface area contributed by atoms with Crippen LogP contribution in [0, 0.1) is 0 Å². The standard InChI is InChI=1S/C11H14ClN3O/c1-4-16-11-14-9(12)5-8-6-13-10(7(2)3)15(8)11/h5-7H,4H2,1-3H3. The summed E-state index contributed by atoms with van der Waals surface area (Å²) in [7, 11) is 0. The summed E-state index contributed by atoms with van der Waals surface area (Å²) >= 11 is 5.92. The molecule has 0 unspecified atom stereocenters. The Balaban J connectivity index is 2.69. The normalized spacial score (nSPS) is 11.3. The summed E-state index contributed by atoms with van der Waals surface area (Å²) < 4.78 is 7.38. The van der Waals surface area contributed by atoms with Gasteiger partial charge in [0, 0.05) is 12.0 Å². The molecule has 0 aliphatic heterocycles. The quantitative estimate of drug-likeness (QED) is 0.774. The van der Waals surface area contributed by atoms with Gasteiger partial charge in [-0.1, -0.05) is 25.4 Å². The molecule has 0 radical (unpaired) electrons.